The lowest BCUT2D eigenvalue weighted by Gasteiger charge is -2.33. The molecule has 1 aromatic rings. The maximum Gasteiger partial charge on any atom is 0.225 e. The van der Waals surface area contributed by atoms with Gasteiger partial charge in [-0.15, -0.1) is 0 Å². The number of carbonyl (C=O) groups is 1. The van der Waals surface area contributed by atoms with Crippen LogP contribution < -0.4 is 5.32 Å². The molecular weight excluding hydrogens is 182 g/mol. The zero-order valence-corrected chi connectivity index (χ0v) is 7.99. The fraction of sp³-hybridized carbons (Fsp3) is 0.500. The smallest absolute Gasteiger partial charge is 0.225 e. The van der Waals surface area contributed by atoms with Gasteiger partial charge < -0.3 is 14.8 Å². The molecule has 1 saturated heterocycles. The van der Waals surface area contributed by atoms with Gasteiger partial charge in [-0.2, -0.15) is 0 Å². The van der Waals surface area contributed by atoms with Crippen molar-refractivity contribution in [3.8, 4) is 0 Å². The van der Waals surface area contributed by atoms with E-state index in [9.17, 15) is 9.90 Å². The number of furan rings is 1. The van der Waals surface area contributed by atoms with Gasteiger partial charge in [-0.3, -0.25) is 4.79 Å². The third-order valence-corrected chi connectivity index (χ3v) is 2.65. The number of carbonyl (C=O) groups excluding carboxylic acids is 1. The summed E-state index contributed by atoms with van der Waals surface area (Å²) in [5, 5.41) is 12.7. The van der Waals surface area contributed by atoms with Crippen molar-refractivity contribution in [2.75, 3.05) is 0 Å². The Hall–Kier alpha value is -1.29. The van der Waals surface area contributed by atoms with Crippen LogP contribution >= 0.6 is 0 Å². The Morgan fingerprint density at radius 2 is 2.50 bits per heavy atom. The quantitative estimate of drug-likeness (QED) is 0.701. The molecule has 2 N–H and O–H groups in total. The first kappa shape index (κ1) is 9.27. The fourth-order valence-electron chi connectivity index (χ4n) is 1.64. The molecule has 1 aromatic heterocycles. The van der Waals surface area contributed by atoms with Crippen molar-refractivity contribution in [3.05, 3.63) is 24.2 Å². The van der Waals surface area contributed by atoms with E-state index in [2.05, 4.69) is 5.32 Å². The Labute approximate surface area is 81.9 Å². The normalized spacial score (nSPS) is 32.7. The number of nitrogens with one attached hydrogen (secondary N) is 1. The topological polar surface area (TPSA) is 62.5 Å². The molecule has 76 valence electrons. The second-order valence-electron chi connectivity index (χ2n) is 3.77. The monoisotopic (exact) mass is 195 g/mol. The number of hydrogen-bond donors (Lipinski definition) is 2. The van der Waals surface area contributed by atoms with E-state index in [-0.39, 0.29) is 11.8 Å². The number of hydrogen-bond acceptors (Lipinski definition) is 3. The average molecular weight is 195 g/mol. The van der Waals surface area contributed by atoms with Gasteiger partial charge in [0.15, 0.2) is 11.5 Å². The molecule has 2 rings (SSSR count). The van der Waals surface area contributed by atoms with Gasteiger partial charge in [0.1, 0.15) is 0 Å². The van der Waals surface area contributed by atoms with E-state index in [4.69, 9.17) is 4.42 Å². The van der Waals surface area contributed by atoms with E-state index >= 15 is 0 Å². The second kappa shape index (κ2) is 3.13. The Kier molecular flexibility index (Phi) is 2.07. The highest BCUT2D eigenvalue weighted by molar-refractivity contribution is 5.79. The van der Waals surface area contributed by atoms with Gasteiger partial charge in [-0.05, 0) is 18.6 Å². The highest BCUT2D eigenvalue weighted by Crippen LogP contribution is 2.30. The van der Waals surface area contributed by atoms with Crippen molar-refractivity contribution >= 4 is 5.91 Å². The van der Waals surface area contributed by atoms with Crippen LogP contribution in [0.1, 0.15) is 25.5 Å². The molecule has 0 aliphatic carbocycles. The first-order valence-corrected chi connectivity index (χ1v) is 4.70. The van der Waals surface area contributed by atoms with E-state index in [1.165, 1.54) is 6.26 Å². The molecule has 4 nitrogen and oxygen atoms in total. The lowest BCUT2D eigenvalue weighted by Crippen LogP contribution is -2.51. The van der Waals surface area contributed by atoms with Crippen molar-refractivity contribution in [2.45, 2.75) is 25.5 Å². The van der Waals surface area contributed by atoms with Crippen LogP contribution in [0, 0.1) is 5.92 Å². The zero-order chi connectivity index (χ0) is 10.2. The molecular formula is C10H13NO3. The number of rotatable bonds is 1. The van der Waals surface area contributed by atoms with Crippen molar-refractivity contribution in [1.29, 1.82) is 0 Å². The summed E-state index contributed by atoms with van der Waals surface area (Å²) in [4.78, 5) is 11.4. The number of piperidine rings is 1. The third kappa shape index (κ3) is 1.42. The summed E-state index contributed by atoms with van der Waals surface area (Å²) < 4.78 is 5.09. The van der Waals surface area contributed by atoms with Gasteiger partial charge >= 0.3 is 0 Å². The minimum absolute atomic E-state index is 0.0368. The van der Waals surface area contributed by atoms with Crippen molar-refractivity contribution in [3.63, 3.8) is 0 Å². The van der Waals surface area contributed by atoms with Gasteiger partial charge in [-0.25, -0.2) is 0 Å². The van der Waals surface area contributed by atoms with Crippen LogP contribution in [-0.4, -0.2) is 11.0 Å². The van der Waals surface area contributed by atoms with Crippen LogP contribution in [0.4, 0.5) is 0 Å². The summed E-state index contributed by atoms with van der Waals surface area (Å²) in [5.41, 5.74) is -1.31. The van der Waals surface area contributed by atoms with Crippen LogP contribution in [0.25, 0.3) is 0 Å². The molecule has 0 saturated carbocycles. The lowest BCUT2D eigenvalue weighted by atomic mass is 9.91. The van der Waals surface area contributed by atoms with Crippen molar-refractivity contribution in [1.82, 2.24) is 5.32 Å². The van der Waals surface area contributed by atoms with E-state index in [1.807, 2.05) is 6.92 Å². The van der Waals surface area contributed by atoms with Crippen LogP contribution in [0.15, 0.2) is 22.8 Å². The molecule has 4 heteroatoms. The molecule has 1 fully saturated rings. The summed E-state index contributed by atoms with van der Waals surface area (Å²) in [5.74, 6) is 0.234. The average Bonchev–Trinajstić information content (AvgIpc) is 2.65. The molecule has 1 amide bonds. The summed E-state index contributed by atoms with van der Waals surface area (Å²) in [6.45, 7) is 1.84. The second-order valence-corrected chi connectivity index (χ2v) is 3.77. The van der Waals surface area contributed by atoms with E-state index in [1.54, 1.807) is 12.1 Å². The maximum atomic E-state index is 11.4. The molecule has 2 atom stereocenters. The minimum atomic E-state index is -1.31. The highest BCUT2D eigenvalue weighted by Gasteiger charge is 2.39. The van der Waals surface area contributed by atoms with Crippen LogP contribution in [0.2, 0.25) is 0 Å². The summed E-state index contributed by atoms with van der Waals surface area (Å²) in [6.07, 6.45) is 2.65. The summed E-state index contributed by atoms with van der Waals surface area (Å²) in [6, 6.07) is 3.35. The van der Waals surface area contributed by atoms with Crippen LogP contribution in [0.3, 0.4) is 0 Å². The first-order valence-electron chi connectivity index (χ1n) is 4.70. The summed E-state index contributed by atoms with van der Waals surface area (Å²) >= 11 is 0. The molecule has 1 aliphatic heterocycles. The van der Waals surface area contributed by atoms with E-state index < -0.39 is 5.72 Å². The molecule has 0 spiro atoms. The molecule has 14 heavy (non-hydrogen) atoms. The summed E-state index contributed by atoms with van der Waals surface area (Å²) in [7, 11) is 0. The van der Waals surface area contributed by atoms with Crippen LogP contribution in [0.5, 0.6) is 0 Å². The minimum Gasteiger partial charge on any atom is -0.464 e. The van der Waals surface area contributed by atoms with Gasteiger partial charge in [0.25, 0.3) is 0 Å². The van der Waals surface area contributed by atoms with Crippen molar-refractivity contribution in [2.24, 2.45) is 5.92 Å². The molecule has 2 unspecified atom stereocenters. The largest absolute Gasteiger partial charge is 0.464 e. The Balaban J connectivity index is 2.22. The van der Waals surface area contributed by atoms with Crippen LogP contribution in [-0.2, 0) is 10.5 Å². The molecule has 2 heterocycles. The molecule has 0 aromatic carbocycles. The Morgan fingerprint density at radius 3 is 3.07 bits per heavy atom. The highest BCUT2D eigenvalue weighted by atomic mass is 16.4. The predicted molar refractivity (Wildman–Crippen MR) is 49.1 cm³/mol. The van der Waals surface area contributed by atoms with Gasteiger partial charge in [0.05, 0.1) is 6.26 Å². The van der Waals surface area contributed by atoms with Gasteiger partial charge in [-0.1, -0.05) is 6.92 Å². The lowest BCUT2D eigenvalue weighted by molar-refractivity contribution is -0.141. The fourth-order valence-corrected chi connectivity index (χ4v) is 1.64. The number of amides is 1. The molecule has 0 bridgehead atoms. The predicted octanol–water partition coefficient (Wildman–Crippen LogP) is 0.971. The third-order valence-electron chi connectivity index (χ3n) is 2.65. The Morgan fingerprint density at radius 1 is 1.71 bits per heavy atom. The maximum absolute atomic E-state index is 11.4. The standard InChI is InChI=1S/C10H13NO3/c1-7-4-5-10(13,11-9(7)12)8-3-2-6-14-8/h2-3,6-7,13H,4-5H2,1H3,(H,11,12). The van der Waals surface area contributed by atoms with E-state index in [0.717, 1.165) is 0 Å². The van der Waals surface area contributed by atoms with Crippen molar-refractivity contribution < 1.29 is 14.3 Å². The Bertz CT molecular complexity index is 333. The SMILES string of the molecule is CC1CCC(O)(c2ccco2)NC1=O. The van der Waals surface area contributed by atoms with Gasteiger partial charge in [0, 0.05) is 12.3 Å². The zero-order valence-electron chi connectivity index (χ0n) is 7.99. The van der Waals surface area contributed by atoms with Gasteiger partial charge in [0.2, 0.25) is 5.91 Å². The molecule has 1 aliphatic rings. The van der Waals surface area contributed by atoms with E-state index in [0.29, 0.717) is 18.6 Å². The molecule has 0 radical (unpaired) electrons. The first-order chi connectivity index (χ1) is 6.62. The number of aliphatic hydroxyl groups is 1.